The summed E-state index contributed by atoms with van der Waals surface area (Å²) in [5, 5.41) is 17.9. The molecule has 9 heteroatoms. The number of carbonyl (C=O) groups excluding carboxylic acids is 4. The zero-order chi connectivity index (χ0) is 28.4. The monoisotopic (exact) mass is 533 g/mol. The molecule has 0 aliphatic carbocycles. The lowest BCUT2D eigenvalue weighted by molar-refractivity contribution is -0.131. The summed E-state index contributed by atoms with van der Waals surface area (Å²) in [7, 11) is 0. The molecule has 0 saturated heterocycles. The summed E-state index contributed by atoms with van der Waals surface area (Å²) in [6.07, 6.45) is 2.09. The van der Waals surface area contributed by atoms with Crippen molar-refractivity contribution in [3.05, 3.63) is 89.9 Å². The van der Waals surface area contributed by atoms with Crippen LogP contribution in [-0.2, 0) is 27.2 Å². The maximum atomic E-state index is 13.6. The number of carbonyl (C=O) groups is 4. The average Bonchev–Trinajstić information content (AvgIpc) is 3.43. The maximum absolute atomic E-state index is 13.6. The van der Waals surface area contributed by atoms with Crippen LogP contribution in [0.3, 0.4) is 0 Å². The van der Waals surface area contributed by atoms with Gasteiger partial charge in [-0.15, -0.1) is 0 Å². The third kappa shape index (κ3) is 9.14. The summed E-state index contributed by atoms with van der Waals surface area (Å²) < 4.78 is 5.26. The quantitative estimate of drug-likeness (QED) is 0.249. The van der Waals surface area contributed by atoms with Crippen molar-refractivity contribution in [3.8, 4) is 5.75 Å². The Hall–Kier alpha value is -4.40. The van der Waals surface area contributed by atoms with E-state index < -0.39 is 29.9 Å². The van der Waals surface area contributed by atoms with Crippen LogP contribution in [0.4, 0.5) is 0 Å². The summed E-state index contributed by atoms with van der Waals surface area (Å²) >= 11 is 0. The van der Waals surface area contributed by atoms with Crippen LogP contribution in [0.1, 0.15) is 48.9 Å². The number of furan rings is 1. The van der Waals surface area contributed by atoms with E-state index >= 15 is 0 Å². The van der Waals surface area contributed by atoms with E-state index in [4.69, 9.17) is 4.42 Å². The number of phenols is 1. The van der Waals surface area contributed by atoms with Crippen molar-refractivity contribution in [2.75, 3.05) is 0 Å². The smallest absolute Gasteiger partial charge is 0.243 e. The number of hydrogen-bond donors (Lipinski definition) is 4. The first kappa shape index (κ1) is 29.2. The first-order valence-corrected chi connectivity index (χ1v) is 12.9. The molecule has 3 atom stereocenters. The molecule has 2 aromatic carbocycles. The highest BCUT2D eigenvalue weighted by molar-refractivity contribution is 6.01. The Kier molecular flexibility index (Phi) is 10.4. The molecular formula is C30H35N3O6. The minimum Gasteiger partial charge on any atom is -0.508 e. The number of nitrogens with one attached hydrogen (secondary N) is 3. The zero-order valence-electron chi connectivity index (χ0n) is 22.3. The SMILES string of the molecule is CC(=O)N[C@@H](Cc1ccccc1)C(=O)N[C@@H](Cc1ccc(O)cc1)C(=O)N[C@@H](CC(C)C)C(=O)c1ccco1. The van der Waals surface area contributed by atoms with Crippen molar-refractivity contribution in [1.29, 1.82) is 0 Å². The Morgan fingerprint density at radius 3 is 1.85 bits per heavy atom. The fourth-order valence-corrected chi connectivity index (χ4v) is 4.22. The highest BCUT2D eigenvalue weighted by Gasteiger charge is 2.31. The molecule has 0 saturated carbocycles. The molecule has 39 heavy (non-hydrogen) atoms. The molecule has 4 N–H and O–H groups in total. The fraction of sp³-hybridized carbons (Fsp3) is 0.333. The predicted molar refractivity (Wildman–Crippen MR) is 146 cm³/mol. The van der Waals surface area contributed by atoms with E-state index in [0.29, 0.717) is 12.0 Å². The van der Waals surface area contributed by atoms with Crippen molar-refractivity contribution in [2.24, 2.45) is 5.92 Å². The van der Waals surface area contributed by atoms with Gasteiger partial charge in [0.1, 0.15) is 17.8 Å². The molecule has 9 nitrogen and oxygen atoms in total. The Balaban J connectivity index is 1.84. The topological polar surface area (TPSA) is 138 Å². The summed E-state index contributed by atoms with van der Waals surface area (Å²) in [4.78, 5) is 51.9. The van der Waals surface area contributed by atoms with Crippen LogP contribution in [0.25, 0.3) is 0 Å². The van der Waals surface area contributed by atoms with Gasteiger partial charge in [0.15, 0.2) is 5.76 Å². The fourth-order valence-electron chi connectivity index (χ4n) is 4.22. The molecule has 206 valence electrons. The third-order valence-corrected chi connectivity index (χ3v) is 6.09. The summed E-state index contributed by atoms with van der Waals surface area (Å²) in [5.41, 5.74) is 1.53. The lowest BCUT2D eigenvalue weighted by atomic mass is 9.97. The number of aromatic hydroxyl groups is 1. The van der Waals surface area contributed by atoms with Crippen molar-refractivity contribution in [2.45, 2.75) is 58.2 Å². The Labute approximate surface area is 228 Å². The van der Waals surface area contributed by atoms with Gasteiger partial charge in [-0.2, -0.15) is 0 Å². The highest BCUT2D eigenvalue weighted by atomic mass is 16.3. The van der Waals surface area contributed by atoms with Crippen molar-refractivity contribution in [1.82, 2.24) is 16.0 Å². The van der Waals surface area contributed by atoms with E-state index in [0.717, 1.165) is 5.56 Å². The van der Waals surface area contributed by atoms with Gasteiger partial charge in [-0.05, 0) is 47.7 Å². The first-order valence-electron chi connectivity index (χ1n) is 12.9. The maximum Gasteiger partial charge on any atom is 0.243 e. The van der Waals surface area contributed by atoms with Gasteiger partial charge in [-0.3, -0.25) is 19.2 Å². The van der Waals surface area contributed by atoms with Gasteiger partial charge in [-0.1, -0.05) is 56.3 Å². The molecule has 0 radical (unpaired) electrons. The second-order valence-corrected chi connectivity index (χ2v) is 9.91. The van der Waals surface area contributed by atoms with Gasteiger partial charge >= 0.3 is 0 Å². The minimum atomic E-state index is -1.06. The van der Waals surface area contributed by atoms with Crippen LogP contribution in [0.15, 0.2) is 77.4 Å². The van der Waals surface area contributed by atoms with Gasteiger partial charge in [-0.25, -0.2) is 0 Å². The summed E-state index contributed by atoms with van der Waals surface area (Å²) in [5.74, 6) is -1.54. The number of hydrogen-bond acceptors (Lipinski definition) is 6. The van der Waals surface area contributed by atoms with E-state index in [1.165, 1.54) is 25.3 Å². The Morgan fingerprint density at radius 1 is 0.744 bits per heavy atom. The molecule has 3 aromatic rings. The first-order chi connectivity index (χ1) is 18.6. The van der Waals surface area contributed by atoms with Crippen molar-refractivity contribution >= 4 is 23.5 Å². The Morgan fingerprint density at radius 2 is 1.31 bits per heavy atom. The average molecular weight is 534 g/mol. The van der Waals surface area contributed by atoms with E-state index in [1.54, 1.807) is 24.3 Å². The van der Waals surface area contributed by atoms with Gasteiger partial charge < -0.3 is 25.5 Å². The number of amides is 3. The molecule has 1 heterocycles. The standard InChI is InChI=1S/C30H35N3O6/c1-19(2)16-24(28(36)27-10-7-15-39-27)32-30(38)26(18-22-11-13-23(35)14-12-22)33-29(37)25(31-20(3)34)17-21-8-5-4-6-9-21/h4-15,19,24-26,35H,16-18H2,1-3H3,(H,31,34)(H,32,38)(H,33,37)/t24-,25-,26-/m0/s1. The second kappa shape index (κ2) is 13.9. The summed E-state index contributed by atoms with van der Waals surface area (Å²) in [6.45, 7) is 5.19. The van der Waals surface area contributed by atoms with Crippen molar-refractivity contribution in [3.63, 3.8) is 0 Å². The number of ketones is 1. The molecule has 1 aromatic heterocycles. The molecule has 0 fully saturated rings. The molecule has 0 aliphatic rings. The van der Waals surface area contributed by atoms with E-state index in [2.05, 4.69) is 16.0 Å². The van der Waals surface area contributed by atoms with E-state index in [-0.39, 0.29) is 42.0 Å². The van der Waals surface area contributed by atoms with Gasteiger partial charge in [0.05, 0.1) is 12.3 Å². The van der Waals surface area contributed by atoms with Crippen LogP contribution in [0.5, 0.6) is 5.75 Å². The molecule has 0 unspecified atom stereocenters. The molecule has 0 bridgehead atoms. The van der Waals surface area contributed by atoms with Crippen LogP contribution in [0, 0.1) is 5.92 Å². The highest BCUT2D eigenvalue weighted by Crippen LogP contribution is 2.15. The van der Waals surface area contributed by atoms with E-state index in [9.17, 15) is 24.3 Å². The molecular weight excluding hydrogens is 498 g/mol. The summed E-state index contributed by atoms with van der Waals surface area (Å²) in [6, 6.07) is 15.8. The Bertz CT molecular complexity index is 1240. The number of phenolic OH excluding ortho intramolecular Hbond substituents is 1. The predicted octanol–water partition coefficient (Wildman–Crippen LogP) is 3.17. The minimum absolute atomic E-state index is 0.0680. The lowest BCUT2D eigenvalue weighted by Crippen LogP contribution is -2.56. The second-order valence-electron chi connectivity index (χ2n) is 9.91. The molecule has 0 aliphatic heterocycles. The molecule has 3 rings (SSSR count). The van der Waals surface area contributed by atoms with Gasteiger partial charge in [0.2, 0.25) is 23.5 Å². The normalized spacial score (nSPS) is 13.2. The van der Waals surface area contributed by atoms with Crippen LogP contribution in [0.2, 0.25) is 0 Å². The zero-order valence-corrected chi connectivity index (χ0v) is 22.3. The van der Waals surface area contributed by atoms with Crippen LogP contribution in [-0.4, -0.2) is 46.7 Å². The lowest BCUT2D eigenvalue weighted by Gasteiger charge is -2.25. The van der Waals surface area contributed by atoms with Gasteiger partial charge in [0, 0.05) is 19.8 Å². The van der Waals surface area contributed by atoms with Gasteiger partial charge in [0.25, 0.3) is 0 Å². The number of rotatable bonds is 13. The largest absolute Gasteiger partial charge is 0.508 e. The van der Waals surface area contributed by atoms with E-state index in [1.807, 2.05) is 44.2 Å². The molecule has 0 spiro atoms. The third-order valence-electron chi connectivity index (χ3n) is 6.09. The number of Topliss-reactive ketones (excluding diaryl/α,β-unsaturated/α-hetero) is 1. The van der Waals surface area contributed by atoms with Crippen LogP contribution >= 0.6 is 0 Å². The molecule has 3 amide bonds. The number of benzene rings is 2. The van der Waals surface area contributed by atoms with Crippen molar-refractivity contribution < 1.29 is 28.7 Å². The van der Waals surface area contributed by atoms with Crippen LogP contribution < -0.4 is 16.0 Å².